The Labute approximate surface area is 113 Å². The molecular weight excluding hydrogens is 250 g/mol. The van der Waals surface area contributed by atoms with E-state index in [1.165, 1.54) is 6.42 Å². The fourth-order valence-corrected chi connectivity index (χ4v) is 2.55. The van der Waals surface area contributed by atoms with Crippen molar-refractivity contribution >= 4 is 11.6 Å². The van der Waals surface area contributed by atoms with Crippen molar-refractivity contribution < 1.29 is 9.47 Å². The predicted octanol–water partition coefficient (Wildman–Crippen LogP) is 3.31. The summed E-state index contributed by atoms with van der Waals surface area (Å²) in [6.07, 6.45) is 4.62. The van der Waals surface area contributed by atoms with E-state index in [1.807, 2.05) is 18.2 Å². The van der Waals surface area contributed by atoms with Crippen LogP contribution in [0, 0.1) is 0 Å². The van der Waals surface area contributed by atoms with Crippen LogP contribution in [0.15, 0.2) is 18.2 Å². The molecule has 1 saturated heterocycles. The van der Waals surface area contributed by atoms with Gasteiger partial charge in [0.05, 0.1) is 13.2 Å². The van der Waals surface area contributed by atoms with Gasteiger partial charge in [0.25, 0.3) is 0 Å². The standard InChI is InChI=1S/C14H20ClNO2/c1-17-14-9-10(15)4-6-12(14)13(16)7-5-11-3-2-8-18-11/h4,6,9,11,13H,2-3,5,7-8,16H2,1H3. The maximum Gasteiger partial charge on any atom is 0.125 e. The highest BCUT2D eigenvalue weighted by molar-refractivity contribution is 6.30. The van der Waals surface area contributed by atoms with Gasteiger partial charge in [-0.2, -0.15) is 0 Å². The number of benzene rings is 1. The van der Waals surface area contributed by atoms with Crippen LogP contribution in [-0.4, -0.2) is 19.8 Å². The molecule has 2 rings (SSSR count). The molecule has 2 N–H and O–H groups in total. The second-order valence-corrected chi connectivity index (χ2v) is 5.14. The third-order valence-electron chi connectivity index (χ3n) is 3.42. The van der Waals surface area contributed by atoms with Crippen LogP contribution in [0.3, 0.4) is 0 Å². The molecule has 18 heavy (non-hydrogen) atoms. The Morgan fingerprint density at radius 3 is 3.06 bits per heavy atom. The van der Waals surface area contributed by atoms with Gasteiger partial charge in [-0.3, -0.25) is 0 Å². The summed E-state index contributed by atoms with van der Waals surface area (Å²) in [5.41, 5.74) is 7.23. The summed E-state index contributed by atoms with van der Waals surface area (Å²) in [5.74, 6) is 0.766. The summed E-state index contributed by atoms with van der Waals surface area (Å²) in [5, 5.41) is 0.668. The van der Waals surface area contributed by atoms with E-state index in [4.69, 9.17) is 26.8 Å². The summed E-state index contributed by atoms with van der Waals surface area (Å²) in [4.78, 5) is 0. The third kappa shape index (κ3) is 3.37. The maximum atomic E-state index is 6.22. The number of hydrogen-bond acceptors (Lipinski definition) is 3. The van der Waals surface area contributed by atoms with E-state index in [1.54, 1.807) is 7.11 Å². The largest absolute Gasteiger partial charge is 0.496 e. The van der Waals surface area contributed by atoms with Crippen molar-refractivity contribution in [1.82, 2.24) is 0 Å². The average molecular weight is 270 g/mol. The van der Waals surface area contributed by atoms with Gasteiger partial charge in [-0.15, -0.1) is 0 Å². The smallest absolute Gasteiger partial charge is 0.125 e. The predicted molar refractivity (Wildman–Crippen MR) is 73.1 cm³/mol. The minimum Gasteiger partial charge on any atom is -0.496 e. The van der Waals surface area contributed by atoms with Crippen molar-refractivity contribution in [2.24, 2.45) is 5.73 Å². The van der Waals surface area contributed by atoms with Gasteiger partial charge in [0.15, 0.2) is 0 Å². The Morgan fingerprint density at radius 1 is 1.56 bits per heavy atom. The van der Waals surface area contributed by atoms with Crippen LogP contribution in [0.4, 0.5) is 0 Å². The molecule has 3 nitrogen and oxygen atoms in total. The van der Waals surface area contributed by atoms with Crippen LogP contribution in [0.2, 0.25) is 5.02 Å². The maximum absolute atomic E-state index is 6.22. The molecule has 1 aliphatic heterocycles. The van der Waals surface area contributed by atoms with Crippen LogP contribution in [0.25, 0.3) is 0 Å². The van der Waals surface area contributed by atoms with Gasteiger partial charge in [0, 0.05) is 23.2 Å². The van der Waals surface area contributed by atoms with Crippen molar-refractivity contribution in [3.8, 4) is 5.75 Å². The number of hydrogen-bond donors (Lipinski definition) is 1. The second-order valence-electron chi connectivity index (χ2n) is 4.71. The lowest BCUT2D eigenvalue weighted by Crippen LogP contribution is -2.15. The highest BCUT2D eigenvalue weighted by Gasteiger charge is 2.18. The lowest BCUT2D eigenvalue weighted by molar-refractivity contribution is 0.101. The molecule has 100 valence electrons. The lowest BCUT2D eigenvalue weighted by Gasteiger charge is -2.17. The van der Waals surface area contributed by atoms with Crippen molar-refractivity contribution in [1.29, 1.82) is 0 Å². The topological polar surface area (TPSA) is 44.5 Å². The first kappa shape index (κ1) is 13.7. The number of ether oxygens (including phenoxy) is 2. The molecule has 1 fully saturated rings. The zero-order chi connectivity index (χ0) is 13.0. The van der Waals surface area contributed by atoms with E-state index >= 15 is 0 Å². The number of rotatable bonds is 5. The van der Waals surface area contributed by atoms with Crippen molar-refractivity contribution in [2.75, 3.05) is 13.7 Å². The van der Waals surface area contributed by atoms with E-state index < -0.39 is 0 Å². The molecule has 1 aromatic rings. The molecule has 2 atom stereocenters. The molecule has 2 unspecified atom stereocenters. The van der Waals surface area contributed by atoms with E-state index in [-0.39, 0.29) is 6.04 Å². The molecule has 1 aromatic carbocycles. The average Bonchev–Trinajstić information content (AvgIpc) is 2.88. The first-order chi connectivity index (χ1) is 8.70. The highest BCUT2D eigenvalue weighted by atomic mass is 35.5. The minimum absolute atomic E-state index is 0.0265. The van der Waals surface area contributed by atoms with Gasteiger partial charge in [-0.25, -0.2) is 0 Å². The van der Waals surface area contributed by atoms with Crippen molar-refractivity contribution in [3.05, 3.63) is 28.8 Å². The molecule has 4 heteroatoms. The SMILES string of the molecule is COc1cc(Cl)ccc1C(N)CCC1CCCO1. The van der Waals surface area contributed by atoms with Crippen LogP contribution in [-0.2, 0) is 4.74 Å². The highest BCUT2D eigenvalue weighted by Crippen LogP contribution is 2.30. The monoisotopic (exact) mass is 269 g/mol. The molecule has 0 aromatic heterocycles. The number of halogens is 1. The van der Waals surface area contributed by atoms with Crippen LogP contribution < -0.4 is 10.5 Å². The Hall–Kier alpha value is -0.770. The Morgan fingerprint density at radius 2 is 2.39 bits per heavy atom. The zero-order valence-corrected chi connectivity index (χ0v) is 11.5. The summed E-state index contributed by atoms with van der Waals surface area (Å²) < 4.78 is 10.9. The molecule has 0 bridgehead atoms. The normalized spacial score (nSPS) is 20.9. The summed E-state index contributed by atoms with van der Waals surface area (Å²) in [7, 11) is 1.64. The van der Waals surface area contributed by atoms with Crippen molar-refractivity contribution in [2.45, 2.75) is 37.8 Å². The Kier molecular flexibility index (Phi) is 4.87. The molecular formula is C14H20ClNO2. The van der Waals surface area contributed by atoms with E-state index in [0.29, 0.717) is 11.1 Å². The molecule has 0 radical (unpaired) electrons. The first-order valence-electron chi connectivity index (χ1n) is 6.41. The van der Waals surface area contributed by atoms with Gasteiger partial charge in [0.1, 0.15) is 5.75 Å². The lowest BCUT2D eigenvalue weighted by atomic mass is 9.99. The van der Waals surface area contributed by atoms with Crippen molar-refractivity contribution in [3.63, 3.8) is 0 Å². The number of methoxy groups -OCH3 is 1. The molecule has 0 saturated carbocycles. The quantitative estimate of drug-likeness (QED) is 0.892. The molecule has 0 amide bonds. The van der Waals surface area contributed by atoms with Crippen LogP contribution >= 0.6 is 11.6 Å². The van der Waals surface area contributed by atoms with Gasteiger partial charge >= 0.3 is 0 Å². The van der Waals surface area contributed by atoms with E-state index in [0.717, 1.165) is 37.2 Å². The molecule has 0 spiro atoms. The van der Waals surface area contributed by atoms with Crippen LogP contribution in [0.5, 0.6) is 5.75 Å². The van der Waals surface area contributed by atoms with Gasteiger partial charge < -0.3 is 15.2 Å². The zero-order valence-electron chi connectivity index (χ0n) is 10.7. The summed E-state index contributed by atoms with van der Waals surface area (Å²) >= 11 is 5.94. The number of nitrogens with two attached hydrogens (primary N) is 1. The van der Waals surface area contributed by atoms with E-state index in [2.05, 4.69) is 0 Å². The summed E-state index contributed by atoms with van der Waals surface area (Å²) in [6.45, 7) is 0.893. The third-order valence-corrected chi connectivity index (χ3v) is 3.65. The van der Waals surface area contributed by atoms with Gasteiger partial charge in [-0.1, -0.05) is 17.7 Å². The molecule has 0 aliphatic carbocycles. The minimum atomic E-state index is -0.0265. The van der Waals surface area contributed by atoms with Gasteiger partial charge in [-0.05, 0) is 37.8 Å². The van der Waals surface area contributed by atoms with Gasteiger partial charge in [0.2, 0.25) is 0 Å². The first-order valence-corrected chi connectivity index (χ1v) is 6.79. The fourth-order valence-electron chi connectivity index (χ4n) is 2.38. The second kappa shape index (κ2) is 6.41. The summed E-state index contributed by atoms with van der Waals surface area (Å²) in [6, 6.07) is 5.58. The Bertz CT molecular complexity index is 391. The van der Waals surface area contributed by atoms with Crippen LogP contribution in [0.1, 0.15) is 37.3 Å². The molecule has 1 heterocycles. The molecule has 1 aliphatic rings. The van der Waals surface area contributed by atoms with E-state index in [9.17, 15) is 0 Å². The fraction of sp³-hybridized carbons (Fsp3) is 0.571. The Balaban J connectivity index is 1.96.